The van der Waals surface area contributed by atoms with Gasteiger partial charge in [0.1, 0.15) is 0 Å². The van der Waals surface area contributed by atoms with E-state index in [1.54, 1.807) is 11.4 Å². The van der Waals surface area contributed by atoms with Gasteiger partial charge in [-0.3, -0.25) is 18.3 Å². The molecule has 0 bridgehead atoms. The third-order valence-electron chi connectivity index (χ3n) is 4.76. The Labute approximate surface area is 145 Å². The summed E-state index contributed by atoms with van der Waals surface area (Å²) >= 11 is 0. The van der Waals surface area contributed by atoms with Crippen molar-refractivity contribution in [3.05, 3.63) is 32.7 Å². The van der Waals surface area contributed by atoms with E-state index in [4.69, 9.17) is 4.74 Å². The number of imidazole rings is 2. The first-order chi connectivity index (χ1) is 11.9. The lowest BCUT2D eigenvalue weighted by Gasteiger charge is -2.12. The number of nitrogens with zero attached hydrogens (tertiary/aromatic N) is 5. The predicted octanol–water partition coefficient (Wildman–Crippen LogP) is 1.47. The Kier molecular flexibility index (Phi) is 4.55. The van der Waals surface area contributed by atoms with Crippen molar-refractivity contribution in [3.63, 3.8) is 0 Å². The maximum absolute atomic E-state index is 13.0. The Balaban J connectivity index is 2.32. The minimum absolute atomic E-state index is 0.230. The largest absolute Gasteiger partial charge is 0.380 e. The summed E-state index contributed by atoms with van der Waals surface area (Å²) in [5.74, 6) is 0.691. The molecule has 1 atom stereocenters. The zero-order chi connectivity index (χ0) is 18.3. The number of rotatable bonds is 6. The molecule has 8 heteroatoms. The highest BCUT2D eigenvalue weighted by Gasteiger charge is 2.21. The first-order valence-corrected chi connectivity index (χ1v) is 8.69. The highest BCUT2D eigenvalue weighted by Crippen LogP contribution is 2.21. The average molecular weight is 347 g/mol. The van der Waals surface area contributed by atoms with Crippen LogP contribution in [0.3, 0.4) is 0 Å². The monoisotopic (exact) mass is 347 g/mol. The van der Waals surface area contributed by atoms with Crippen LogP contribution in [0.4, 0.5) is 0 Å². The highest BCUT2D eigenvalue weighted by molar-refractivity contribution is 5.75. The van der Waals surface area contributed by atoms with E-state index in [1.807, 2.05) is 20.0 Å². The lowest BCUT2D eigenvalue weighted by Crippen LogP contribution is -2.40. The van der Waals surface area contributed by atoms with Gasteiger partial charge in [0, 0.05) is 31.6 Å². The molecular weight excluding hydrogens is 322 g/mol. The van der Waals surface area contributed by atoms with E-state index in [0.717, 1.165) is 12.1 Å². The van der Waals surface area contributed by atoms with Gasteiger partial charge in [0.15, 0.2) is 11.2 Å². The third kappa shape index (κ3) is 2.60. The van der Waals surface area contributed by atoms with Gasteiger partial charge in [-0.2, -0.15) is 4.98 Å². The second-order valence-electron chi connectivity index (χ2n) is 6.35. The summed E-state index contributed by atoms with van der Waals surface area (Å²) in [7, 11) is 1.65. The van der Waals surface area contributed by atoms with Crippen LogP contribution >= 0.6 is 0 Å². The molecule has 0 saturated carbocycles. The highest BCUT2D eigenvalue weighted by atomic mass is 16.5. The molecule has 8 nitrogen and oxygen atoms in total. The van der Waals surface area contributed by atoms with E-state index in [2.05, 4.69) is 23.4 Å². The molecule has 0 radical (unpaired) electrons. The van der Waals surface area contributed by atoms with Gasteiger partial charge in [-0.15, -0.1) is 0 Å². The molecule has 136 valence electrons. The number of hydrogen-bond donors (Lipinski definition) is 0. The number of fused-ring (bicyclic) bond motifs is 3. The van der Waals surface area contributed by atoms with Crippen LogP contribution in [0.1, 0.15) is 38.9 Å². The molecule has 3 heterocycles. The molecular formula is C17H25N5O3. The van der Waals surface area contributed by atoms with Gasteiger partial charge in [-0.1, -0.05) is 6.92 Å². The molecule has 0 amide bonds. The molecule has 3 aromatic rings. The van der Waals surface area contributed by atoms with Gasteiger partial charge in [0.25, 0.3) is 5.56 Å². The van der Waals surface area contributed by atoms with Crippen LogP contribution in [0.15, 0.2) is 15.8 Å². The standard InChI is InChI=1S/C17H25N5O3/c1-6-11(3)22-12(4)10-21-13-14(18-16(21)22)19(5)17(24)20(15(13)23)8-9-25-7-2/h10-11H,6-9H2,1-5H3. The second-order valence-corrected chi connectivity index (χ2v) is 6.35. The fraction of sp³-hybridized carbons (Fsp3) is 0.588. The average Bonchev–Trinajstić information content (AvgIpc) is 3.10. The molecule has 0 saturated heterocycles. The summed E-state index contributed by atoms with van der Waals surface area (Å²) < 4.78 is 11.9. The fourth-order valence-electron chi connectivity index (χ4n) is 3.25. The minimum Gasteiger partial charge on any atom is -0.380 e. The number of hydrogen-bond acceptors (Lipinski definition) is 4. The Morgan fingerprint density at radius 3 is 2.64 bits per heavy atom. The first kappa shape index (κ1) is 17.5. The molecule has 0 aliphatic heterocycles. The van der Waals surface area contributed by atoms with Crippen molar-refractivity contribution in [2.75, 3.05) is 13.2 Å². The Hall–Kier alpha value is -2.35. The molecule has 0 aromatic carbocycles. The van der Waals surface area contributed by atoms with Crippen molar-refractivity contribution in [2.45, 2.75) is 46.7 Å². The Morgan fingerprint density at radius 1 is 1.28 bits per heavy atom. The molecule has 1 unspecified atom stereocenters. The zero-order valence-electron chi connectivity index (χ0n) is 15.4. The maximum atomic E-state index is 13.0. The maximum Gasteiger partial charge on any atom is 0.332 e. The quantitative estimate of drug-likeness (QED) is 0.633. The van der Waals surface area contributed by atoms with Crippen molar-refractivity contribution in [3.8, 4) is 0 Å². The van der Waals surface area contributed by atoms with E-state index in [1.165, 1.54) is 9.13 Å². The molecule has 3 aromatic heterocycles. The van der Waals surface area contributed by atoms with Crippen LogP contribution in [0.2, 0.25) is 0 Å². The smallest absolute Gasteiger partial charge is 0.332 e. The normalized spacial score (nSPS) is 13.2. The lowest BCUT2D eigenvalue weighted by atomic mass is 10.2. The van der Waals surface area contributed by atoms with Crippen LogP contribution in [0.5, 0.6) is 0 Å². The van der Waals surface area contributed by atoms with E-state index < -0.39 is 0 Å². The summed E-state index contributed by atoms with van der Waals surface area (Å²) in [6, 6.07) is 0.256. The number of aromatic nitrogens is 5. The topological polar surface area (TPSA) is 75.5 Å². The molecule has 0 aliphatic rings. The van der Waals surface area contributed by atoms with Gasteiger partial charge in [0.2, 0.25) is 5.78 Å². The Morgan fingerprint density at radius 2 is 2.00 bits per heavy atom. The lowest BCUT2D eigenvalue weighted by molar-refractivity contribution is 0.137. The molecule has 25 heavy (non-hydrogen) atoms. The van der Waals surface area contributed by atoms with Gasteiger partial charge in [-0.25, -0.2) is 4.79 Å². The van der Waals surface area contributed by atoms with Crippen LogP contribution < -0.4 is 11.2 Å². The predicted molar refractivity (Wildman–Crippen MR) is 96.4 cm³/mol. The van der Waals surface area contributed by atoms with Crippen LogP contribution in [-0.4, -0.2) is 36.3 Å². The first-order valence-electron chi connectivity index (χ1n) is 8.69. The van der Waals surface area contributed by atoms with E-state index in [0.29, 0.717) is 30.2 Å². The van der Waals surface area contributed by atoms with Crippen molar-refractivity contribution >= 4 is 16.9 Å². The van der Waals surface area contributed by atoms with Crippen molar-refractivity contribution in [1.29, 1.82) is 0 Å². The van der Waals surface area contributed by atoms with Crippen molar-refractivity contribution in [1.82, 2.24) is 23.1 Å². The van der Waals surface area contributed by atoms with Gasteiger partial charge in [0.05, 0.1) is 13.2 Å². The van der Waals surface area contributed by atoms with E-state index >= 15 is 0 Å². The van der Waals surface area contributed by atoms with E-state index in [9.17, 15) is 9.59 Å². The molecule has 0 spiro atoms. The summed E-state index contributed by atoms with van der Waals surface area (Å²) in [4.78, 5) is 30.1. The van der Waals surface area contributed by atoms with Crippen molar-refractivity contribution in [2.24, 2.45) is 7.05 Å². The van der Waals surface area contributed by atoms with Gasteiger partial charge in [-0.05, 0) is 27.2 Å². The molecule has 0 fully saturated rings. The molecule has 0 N–H and O–H groups in total. The van der Waals surface area contributed by atoms with Crippen LogP contribution in [-0.2, 0) is 18.3 Å². The van der Waals surface area contributed by atoms with Crippen LogP contribution in [0.25, 0.3) is 16.9 Å². The molecule has 3 rings (SSSR count). The number of aryl methyl sites for hydroxylation is 2. The SMILES string of the molecule is CCOCCn1c(=O)c2c(nc3n(C(C)CC)c(C)cn23)n(C)c1=O. The second kappa shape index (κ2) is 6.51. The van der Waals surface area contributed by atoms with Crippen molar-refractivity contribution < 1.29 is 4.74 Å². The van der Waals surface area contributed by atoms with Gasteiger partial charge < -0.3 is 9.30 Å². The number of ether oxygens (including phenoxy) is 1. The summed E-state index contributed by atoms with van der Waals surface area (Å²) in [6.07, 6.45) is 2.86. The van der Waals surface area contributed by atoms with E-state index in [-0.39, 0.29) is 23.8 Å². The van der Waals surface area contributed by atoms with Crippen LogP contribution in [0, 0.1) is 6.92 Å². The third-order valence-corrected chi connectivity index (χ3v) is 4.76. The fourth-order valence-corrected chi connectivity index (χ4v) is 3.25. The Bertz CT molecular complexity index is 1040. The molecule has 0 aliphatic carbocycles. The summed E-state index contributed by atoms with van der Waals surface area (Å²) in [5, 5.41) is 0. The van der Waals surface area contributed by atoms with Gasteiger partial charge >= 0.3 is 5.69 Å². The summed E-state index contributed by atoms with van der Waals surface area (Å²) in [5.41, 5.74) is 1.18. The minimum atomic E-state index is -0.371. The summed E-state index contributed by atoms with van der Waals surface area (Å²) in [6.45, 7) is 9.21. The zero-order valence-corrected chi connectivity index (χ0v) is 15.4.